The van der Waals surface area contributed by atoms with Crippen molar-refractivity contribution in [3.63, 3.8) is 0 Å². The van der Waals surface area contributed by atoms with Gasteiger partial charge in [-0.1, -0.05) is 37.3 Å². The molecule has 1 aromatic carbocycles. The minimum absolute atomic E-state index is 0.176. The maximum Gasteiger partial charge on any atom is 0.182 e. The molecule has 31 heavy (non-hydrogen) atoms. The summed E-state index contributed by atoms with van der Waals surface area (Å²) in [4.78, 5) is 21.4. The van der Waals surface area contributed by atoms with Gasteiger partial charge >= 0.3 is 0 Å². The molecule has 8 nitrogen and oxygen atoms in total. The summed E-state index contributed by atoms with van der Waals surface area (Å²) < 4.78 is 2.12. The highest BCUT2D eigenvalue weighted by atomic mass is 15.4. The van der Waals surface area contributed by atoms with Gasteiger partial charge in [-0.3, -0.25) is 9.55 Å². The maximum atomic E-state index is 5.06. The lowest BCUT2D eigenvalue weighted by atomic mass is 9.90. The average Bonchev–Trinajstić information content (AvgIpc) is 3.44. The van der Waals surface area contributed by atoms with Gasteiger partial charge in [0.25, 0.3) is 0 Å². The fourth-order valence-electron chi connectivity index (χ4n) is 5.04. The van der Waals surface area contributed by atoms with Gasteiger partial charge < -0.3 is 4.90 Å². The number of rotatable bonds is 3. The number of anilines is 1. The molecule has 0 bridgehead atoms. The van der Waals surface area contributed by atoms with Crippen LogP contribution in [-0.2, 0) is 5.54 Å². The molecule has 8 heteroatoms. The summed E-state index contributed by atoms with van der Waals surface area (Å²) >= 11 is 0. The number of hydrogen-bond acceptors (Lipinski definition) is 7. The third-order valence-corrected chi connectivity index (χ3v) is 6.52. The van der Waals surface area contributed by atoms with E-state index in [4.69, 9.17) is 9.97 Å². The van der Waals surface area contributed by atoms with Gasteiger partial charge in [-0.2, -0.15) is 0 Å². The number of nitrogens with zero attached hydrogens (tertiary/aromatic N) is 8. The highest BCUT2D eigenvalue weighted by molar-refractivity contribution is 5.76. The van der Waals surface area contributed by atoms with E-state index in [0.717, 1.165) is 60.2 Å². The van der Waals surface area contributed by atoms with E-state index in [-0.39, 0.29) is 5.54 Å². The molecule has 0 aliphatic carbocycles. The topological polar surface area (TPSA) is 85.5 Å². The van der Waals surface area contributed by atoms with E-state index in [2.05, 4.69) is 36.6 Å². The Bertz CT molecular complexity index is 1280. The average molecular weight is 410 g/mol. The van der Waals surface area contributed by atoms with Crippen LogP contribution in [0.3, 0.4) is 0 Å². The minimum Gasteiger partial charge on any atom is -0.342 e. The first-order chi connectivity index (χ1) is 15.2. The van der Waals surface area contributed by atoms with E-state index in [1.54, 1.807) is 12.4 Å². The van der Waals surface area contributed by atoms with Crippen molar-refractivity contribution in [1.29, 1.82) is 0 Å². The predicted octanol–water partition coefficient (Wildman–Crippen LogP) is 3.71. The SMILES string of the molecule is CCC12CCCN1c1nc(-c3nccnc3-c3ccccc3)ncc1-n1c(C)nnc12. The zero-order chi connectivity index (χ0) is 21.0. The van der Waals surface area contributed by atoms with Gasteiger partial charge in [0.05, 0.1) is 11.9 Å². The van der Waals surface area contributed by atoms with Crippen molar-refractivity contribution in [3.8, 4) is 28.5 Å². The van der Waals surface area contributed by atoms with Gasteiger partial charge in [-0.05, 0) is 26.2 Å². The van der Waals surface area contributed by atoms with Crippen LogP contribution in [0, 0.1) is 6.92 Å². The molecule has 0 saturated carbocycles. The van der Waals surface area contributed by atoms with Crippen LogP contribution in [-0.4, -0.2) is 41.2 Å². The smallest absolute Gasteiger partial charge is 0.182 e. The number of fused-ring (bicyclic) bond motifs is 6. The number of aromatic nitrogens is 7. The molecular weight excluding hydrogens is 388 g/mol. The van der Waals surface area contributed by atoms with Crippen LogP contribution in [0.1, 0.15) is 37.8 Å². The summed E-state index contributed by atoms with van der Waals surface area (Å²) in [5.74, 6) is 3.36. The van der Waals surface area contributed by atoms with E-state index >= 15 is 0 Å². The van der Waals surface area contributed by atoms with Crippen LogP contribution in [0.25, 0.3) is 28.5 Å². The summed E-state index contributed by atoms with van der Waals surface area (Å²) in [6, 6.07) is 10.0. The Kier molecular flexibility index (Phi) is 3.89. The lowest BCUT2D eigenvalue weighted by molar-refractivity contribution is 0.381. The third-order valence-electron chi connectivity index (χ3n) is 6.52. The fraction of sp³-hybridized carbons (Fsp3) is 0.304. The molecule has 1 saturated heterocycles. The van der Waals surface area contributed by atoms with Gasteiger partial charge in [0.15, 0.2) is 17.5 Å². The van der Waals surface area contributed by atoms with Crippen LogP contribution in [0.2, 0.25) is 0 Å². The molecule has 3 aromatic heterocycles. The largest absolute Gasteiger partial charge is 0.342 e. The van der Waals surface area contributed by atoms with Crippen molar-refractivity contribution in [2.75, 3.05) is 11.4 Å². The van der Waals surface area contributed by atoms with Gasteiger partial charge in [0.2, 0.25) is 0 Å². The quantitative estimate of drug-likeness (QED) is 0.509. The van der Waals surface area contributed by atoms with Crippen molar-refractivity contribution in [2.24, 2.45) is 0 Å². The van der Waals surface area contributed by atoms with E-state index < -0.39 is 0 Å². The summed E-state index contributed by atoms with van der Waals surface area (Å²) in [7, 11) is 0. The van der Waals surface area contributed by atoms with Gasteiger partial charge in [0, 0.05) is 24.5 Å². The van der Waals surface area contributed by atoms with E-state index in [1.165, 1.54) is 0 Å². The fourth-order valence-corrected chi connectivity index (χ4v) is 5.04. The summed E-state index contributed by atoms with van der Waals surface area (Å²) in [5, 5.41) is 8.96. The van der Waals surface area contributed by atoms with Crippen molar-refractivity contribution < 1.29 is 0 Å². The predicted molar refractivity (Wildman–Crippen MR) is 117 cm³/mol. The first-order valence-corrected chi connectivity index (χ1v) is 10.7. The monoisotopic (exact) mass is 410 g/mol. The zero-order valence-corrected chi connectivity index (χ0v) is 17.5. The molecule has 2 aliphatic heterocycles. The Labute approximate surface area is 180 Å². The maximum absolute atomic E-state index is 5.06. The van der Waals surface area contributed by atoms with Crippen LogP contribution in [0.5, 0.6) is 0 Å². The molecule has 0 spiro atoms. The number of aryl methyl sites for hydroxylation is 1. The summed E-state index contributed by atoms with van der Waals surface area (Å²) in [6.45, 7) is 5.14. The first kappa shape index (κ1) is 18.1. The molecule has 6 rings (SSSR count). The molecule has 0 N–H and O–H groups in total. The van der Waals surface area contributed by atoms with E-state index in [0.29, 0.717) is 11.5 Å². The summed E-state index contributed by atoms with van der Waals surface area (Å²) in [5.41, 5.74) is 3.21. The highest BCUT2D eigenvalue weighted by Gasteiger charge is 2.50. The zero-order valence-electron chi connectivity index (χ0n) is 17.5. The first-order valence-electron chi connectivity index (χ1n) is 10.7. The molecule has 0 radical (unpaired) electrons. The molecule has 0 amide bonds. The molecule has 2 aliphatic rings. The molecule has 154 valence electrons. The van der Waals surface area contributed by atoms with E-state index in [9.17, 15) is 0 Å². The second kappa shape index (κ2) is 6.66. The van der Waals surface area contributed by atoms with Crippen LogP contribution >= 0.6 is 0 Å². The third kappa shape index (κ3) is 2.47. The molecular formula is C23H22N8. The second-order valence-corrected chi connectivity index (χ2v) is 8.07. The summed E-state index contributed by atoms with van der Waals surface area (Å²) in [6.07, 6.45) is 8.36. The van der Waals surface area contributed by atoms with Crippen molar-refractivity contribution in [2.45, 2.75) is 38.6 Å². The Morgan fingerprint density at radius 1 is 1.00 bits per heavy atom. The van der Waals surface area contributed by atoms with Crippen LogP contribution in [0.15, 0.2) is 48.9 Å². The Hall–Kier alpha value is -3.68. The Morgan fingerprint density at radius 2 is 1.81 bits per heavy atom. The number of hydrogen-bond donors (Lipinski definition) is 0. The van der Waals surface area contributed by atoms with Crippen molar-refractivity contribution in [1.82, 2.24) is 34.7 Å². The van der Waals surface area contributed by atoms with Crippen LogP contribution < -0.4 is 4.90 Å². The van der Waals surface area contributed by atoms with E-state index in [1.807, 2.05) is 43.5 Å². The highest BCUT2D eigenvalue weighted by Crippen LogP contribution is 2.49. The second-order valence-electron chi connectivity index (χ2n) is 8.07. The lowest BCUT2D eigenvalue weighted by Crippen LogP contribution is -2.47. The molecule has 5 heterocycles. The lowest BCUT2D eigenvalue weighted by Gasteiger charge is -2.42. The standard InChI is InChI=1S/C23H22N8/c1-3-23-10-7-13-30(23)21-17(31-15(2)28-29-22(23)31)14-26-20(27-21)19-18(24-11-12-25-19)16-8-5-4-6-9-16/h4-6,8-9,11-12,14H,3,7,10,13H2,1-2H3. The Balaban J connectivity index is 1.57. The molecule has 1 atom stereocenters. The van der Waals surface area contributed by atoms with Gasteiger partial charge in [-0.25, -0.2) is 15.0 Å². The van der Waals surface area contributed by atoms with Crippen molar-refractivity contribution >= 4 is 5.82 Å². The Morgan fingerprint density at radius 3 is 2.61 bits per heavy atom. The molecule has 1 unspecified atom stereocenters. The number of benzene rings is 1. The minimum atomic E-state index is -0.176. The van der Waals surface area contributed by atoms with Gasteiger partial charge in [0.1, 0.15) is 22.7 Å². The van der Waals surface area contributed by atoms with Gasteiger partial charge in [-0.15, -0.1) is 10.2 Å². The molecule has 4 aromatic rings. The molecule has 1 fully saturated rings. The van der Waals surface area contributed by atoms with Crippen LogP contribution in [0.4, 0.5) is 5.82 Å². The normalized spacial score (nSPS) is 19.1. The van der Waals surface area contributed by atoms with Crippen molar-refractivity contribution in [3.05, 3.63) is 60.6 Å².